The number of hydrogen-bond acceptors (Lipinski definition) is 1. The van der Waals surface area contributed by atoms with Gasteiger partial charge in [0, 0.05) is 0 Å². The summed E-state index contributed by atoms with van der Waals surface area (Å²) < 4.78 is 1.55. The van der Waals surface area contributed by atoms with Crippen LogP contribution in [0.15, 0.2) is 273 Å². The van der Waals surface area contributed by atoms with E-state index < -0.39 is 28.3 Å². The van der Waals surface area contributed by atoms with Gasteiger partial charge in [0.15, 0.2) is 0 Å². The molecular formula is C55H49ClOP3W. The van der Waals surface area contributed by atoms with Gasteiger partial charge in [-0.1, -0.05) is 0 Å². The van der Waals surface area contributed by atoms with Crippen LogP contribution in [0.3, 0.4) is 0 Å². The maximum atomic E-state index is 17.3. The molecule has 0 saturated carbocycles. The molecule has 0 unspecified atom stereocenters. The normalized spacial score (nSPS) is 13.6. The molecule has 0 fully saturated rings. The van der Waals surface area contributed by atoms with Crippen LogP contribution in [-0.4, -0.2) is 4.68 Å². The van der Waals surface area contributed by atoms with Crippen molar-refractivity contribution in [2.24, 2.45) is 0 Å². The van der Waals surface area contributed by atoms with Crippen molar-refractivity contribution in [3.63, 3.8) is 0 Å². The summed E-state index contributed by atoms with van der Waals surface area (Å²) in [6.07, 6.45) is 0. The van der Waals surface area contributed by atoms with Crippen LogP contribution >= 0.6 is 25.5 Å². The quantitative estimate of drug-likeness (QED) is 0.0831. The second-order valence-corrected chi connectivity index (χ2v) is 94.7. The van der Waals surface area contributed by atoms with Crippen molar-refractivity contribution in [3.05, 3.63) is 273 Å². The first kappa shape index (κ1) is 41.3. The Morgan fingerprint density at radius 2 is 0.361 bits per heavy atom. The topological polar surface area (TPSA) is 17.1 Å². The van der Waals surface area contributed by atoms with Gasteiger partial charge in [-0.05, 0) is 0 Å². The van der Waals surface area contributed by atoms with E-state index in [2.05, 4.69) is 273 Å². The molecule has 6 heteroatoms. The summed E-state index contributed by atoms with van der Waals surface area (Å²) in [5, 5.41) is -1.53. The molecule has 0 aliphatic carbocycles. The average Bonchev–Trinajstić information content (AvgIpc) is 3.35. The Labute approximate surface area is 365 Å². The molecule has 1 nitrogen and oxygen atoms in total. The first-order valence-electron chi connectivity index (χ1n) is 20.7. The number of hydrogen-bond donors (Lipinski definition) is 0. The Balaban J connectivity index is 1.78. The van der Waals surface area contributed by atoms with Gasteiger partial charge in [0.25, 0.3) is 0 Å². The molecule has 61 heavy (non-hydrogen) atoms. The van der Waals surface area contributed by atoms with E-state index in [1.54, 1.807) is 4.68 Å². The Kier molecular flexibility index (Phi) is 11.7. The van der Waals surface area contributed by atoms with Crippen LogP contribution in [0.2, 0.25) is 0 Å². The second kappa shape index (κ2) is 17.4. The first-order chi connectivity index (χ1) is 30.1. The second-order valence-electron chi connectivity index (χ2n) is 15.4. The van der Waals surface area contributed by atoms with E-state index in [9.17, 15) is 9.42 Å². The predicted molar refractivity (Wildman–Crippen MR) is 272 cm³/mol. The molecule has 0 heterocycles. The van der Waals surface area contributed by atoms with Crippen LogP contribution in [0.1, 0.15) is 0 Å². The summed E-state index contributed by atoms with van der Waals surface area (Å²) in [5.41, 5.74) is 0. The zero-order valence-electron chi connectivity index (χ0n) is 33.8. The van der Waals surface area contributed by atoms with Gasteiger partial charge < -0.3 is 0 Å². The van der Waals surface area contributed by atoms with E-state index in [1.807, 2.05) is 0 Å². The fraction of sp³-hybridized carbons (Fsp3) is 0. The summed E-state index contributed by atoms with van der Waals surface area (Å²) in [4.78, 5) is 17.3. The van der Waals surface area contributed by atoms with Crippen molar-refractivity contribution in [2.45, 2.75) is 0 Å². The molecule has 0 spiro atoms. The summed E-state index contributed by atoms with van der Waals surface area (Å²) >= 11 is -6.86. The van der Waals surface area contributed by atoms with Crippen LogP contribution < -0.4 is 47.7 Å². The third-order valence-corrected chi connectivity index (χ3v) is 155. The van der Waals surface area contributed by atoms with Crippen molar-refractivity contribution < 1.29 is 17.0 Å². The van der Waals surface area contributed by atoms with E-state index >= 15 is 4.79 Å². The van der Waals surface area contributed by atoms with Crippen LogP contribution in [0.5, 0.6) is 0 Å². The zero-order chi connectivity index (χ0) is 41.7. The molecule has 0 radical (unpaired) electrons. The van der Waals surface area contributed by atoms with Crippen LogP contribution in [0.25, 0.3) is 0 Å². The van der Waals surface area contributed by atoms with Crippen molar-refractivity contribution in [3.8, 4) is 0 Å². The van der Waals surface area contributed by atoms with Gasteiger partial charge in [0.1, 0.15) is 0 Å². The van der Waals surface area contributed by atoms with Gasteiger partial charge >= 0.3 is 368 Å². The Hall–Kier alpha value is -5.08. The fourth-order valence-corrected chi connectivity index (χ4v) is 208. The van der Waals surface area contributed by atoms with Gasteiger partial charge in [0.2, 0.25) is 0 Å². The van der Waals surface area contributed by atoms with Crippen LogP contribution in [-0.2, 0) is 17.0 Å². The Morgan fingerprint density at radius 3 is 0.459 bits per heavy atom. The summed E-state index contributed by atoms with van der Waals surface area (Å²) in [7, 11) is 10.6. The number of carbonyl (C=O) groups is 1. The van der Waals surface area contributed by atoms with Gasteiger partial charge in [-0.15, -0.1) is 0 Å². The van der Waals surface area contributed by atoms with Gasteiger partial charge in [-0.25, -0.2) is 0 Å². The number of halogens is 1. The molecule has 9 aromatic rings. The molecule has 0 aliphatic heterocycles. The van der Waals surface area contributed by atoms with Gasteiger partial charge in [-0.3, -0.25) is 0 Å². The summed E-state index contributed by atoms with van der Waals surface area (Å²) in [5.74, 6) is 0. The van der Waals surface area contributed by atoms with Gasteiger partial charge in [-0.2, -0.15) is 0 Å². The van der Waals surface area contributed by atoms with Crippen molar-refractivity contribution in [1.82, 2.24) is 0 Å². The van der Waals surface area contributed by atoms with Crippen LogP contribution in [0.4, 0.5) is 0 Å². The Morgan fingerprint density at radius 1 is 0.246 bits per heavy atom. The molecule has 0 amide bonds. The molecule has 303 valence electrons. The minimum atomic E-state index is -6.86. The van der Waals surface area contributed by atoms with E-state index in [-0.39, 0.29) is 0 Å². The molecule has 0 bridgehead atoms. The monoisotopic (exact) mass is 1040 g/mol. The number of carbonyl (C=O) groups excluding carboxylic acids is 1. The van der Waals surface area contributed by atoms with Crippen molar-refractivity contribution >= 4 is 77.9 Å². The maximum absolute atomic E-state index is 17.3. The summed E-state index contributed by atoms with van der Waals surface area (Å²) in [6, 6.07) is 99.5. The average molecular weight is 1040 g/mol. The third-order valence-electron chi connectivity index (χ3n) is 12.6. The van der Waals surface area contributed by atoms with E-state index in [4.69, 9.17) is 0 Å². The molecule has 0 saturated heterocycles. The van der Waals surface area contributed by atoms with E-state index in [0.717, 1.165) is 47.7 Å². The molecule has 9 rings (SSSR count). The van der Waals surface area contributed by atoms with Crippen LogP contribution in [0, 0.1) is 0 Å². The molecule has 0 atom stereocenters. The Bertz CT molecular complexity index is 2230. The van der Waals surface area contributed by atoms with Crippen molar-refractivity contribution in [1.29, 1.82) is 0 Å². The molecule has 9 aromatic carbocycles. The fourth-order valence-electron chi connectivity index (χ4n) is 10.5. The standard InChI is InChI=1S/3C18H15P.CHO.ClH.W/c3*1-4-10-16(11-5-1)19(17-12-6-2-7-13-17)18-14-8-3-9-15-18;1-2;;/h3*1-15H;1H;1H;/q;;;;;-2/p+2. The van der Waals surface area contributed by atoms with E-state index in [0.29, 0.717) is 0 Å². The number of benzene rings is 9. The van der Waals surface area contributed by atoms with E-state index in [1.165, 1.54) is 0 Å². The third kappa shape index (κ3) is 5.94. The molecule has 0 N–H and O–H groups in total. The van der Waals surface area contributed by atoms with Gasteiger partial charge in [0.05, 0.1) is 0 Å². The first-order valence-corrected chi connectivity index (χ1v) is 44.9. The predicted octanol–water partition coefficient (Wildman–Crippen LogP) is 9.94. The molecular weight excluding hydrogens is 989 g/mol. The SMILES string of the molecule is O=[CH][W]([Cl])([PH](c1ccccc1)(c1ccccc1)c1ccccc1)([PH](c1ccccc1)(c1ccccc1)c1ccccc1)[PH](c1ccccc1)(c1ccccc1)c1ccccc1. The summed E-state index contributed by atoms with van der Waals surface area (Å²) in [6.45, 7) is 0. The minimum absolute atomic E-state index is 1.15. The zero-order valence-corrected chi connectivity index (χ0v) is 40.4. The van der Waals surface area contributed by atoms with Crippen molar-refractivity contribution in [2.75, 3.05) is 0 Å². The molecule has 0 aromatic heterocycles. The number of rotatable bonds is 13. The molecule has 0 aliphatic rings.